The van der Waals surface area contributed by atoms with Crippen LogP contribution < -0.4 is 10.0 Å². The van der Waals surface area contributed by atoms with Crippen LogP contribution in [-0.2, 0) is 10.0 Å². The maximum atomic E-state index is 12.4. The Balaban J connectivity index is 1.63. The number of amides is 1. The number of aromatic nitrogens is 2. The van der Waals surface area contributed by atoms with E-state index >= 15 is 0 Å². The number of hydrogen-bond donors (Lipinski definition) is 2. The molecule has 1 amide bonds. The fraction of sp³-hybridized carbons (Fsp3) is 0.438. The van der Waals surface area contributed by atoms with Gasteiger partial charge in [0.25, 0.3) is 15.9 Å². The van der Waals surface area contributed by atoms with Gasteiger partial charge >= 0.3 is 0 Å². The minimum absolute atomic E-state index is 0.105. The number of nitrogens with zero attached hydrogens (tertiary/aromatic N) is 2. The zero-order valence-corrected chi connectivity index (χ0v) is 16.3. The van der Waals surface area contributed by atoms with Crippen LogP contribution in [0.25, 0.3) is 0 Å². The number of rotatable bonds is 6. The monoisotopic (exact) mass is 414 g/mol. The summed E-state index contributed by atoms with van der Waals surface area (Å²) in [5, 5.41) is 10.4. The van der Waals surface area contributed by atoms with Crippen molar-refractivity contribution in [2.45, 2.75) is 36.4 Å². The van der Waals surface area contributed by atoms with Gasteiger partial charge in [-0.2, -0.15) is 0 Å². The van der Waals surface area contributed by atoms with E-state index in [0.29, 0.717) is 17.5 Å². The van der Waals surface area contributed by atoms with Crippen LogP contribution in [0.4, 0.5) is 5.13 Å². The Kier molecular flexibility index (Phi) is 6.23. The fourth-order valence-electron chi connectivity index (χ4n) is 2.86. The molecule has 1 aliphatic carbocycles. The van der Waals surface area contributed by atoms with Crippen molar-refractivity contribution in [1.82, 2.24) is 14.9 Å². The number of nitrogens with one attached hydrogen (secondary N) is 2. The van der Waals surface area contributed by atoms with Gasteiger partial charge in [0.1, 0.15) is 0 Å². The summed E-state index contributed by atoms with van der Waals surface area (Å²) in [6.07, 6.45) is 5.58. The lowest BCUT2D eigenvalue weighted by molar-refractivity contribution is 0.102. The van der Waals surface area contributed by atoms with Crippen LogP contribution in [0.15, 0.2) is 28.6 Å². The third-order valence-corrected chi connectivity index (χ3v) is 7.22. The lowest BCUT2D eigenvalue weighted by atomic mass is 9.90. The zero-order chi connectivity index (χ0) is 18.6. The number of anilines is 1. The van der Waals surface area contributed by atoms with Crippen molar-refractivity contribution in [2.24, 2.45) is 5.92 Å². The second kappa shape index (κ2) is 8.43. The van der Waals surface area contributed by atoms with Crippen LogP contribution in [0, 0.1) is 5.92 Å². The minimum Gasteiger partial charge on any atom is -0.296 e. The van der Waals surface area contributed by atoms with Gasteiger partial charge in [-0.3, -0.25) is 10.1 Å². The van der Waals surface area contributed by atoms with E-state index in [2.05, 4.69) is 20.2 Å². The second-order valence-corrected chi connectivity index (χ2v) is 9.49. The topological polar surface area (TPSA) is 101 Å². The minimum atomic E-state index is -3.73. The van der Waals surface area contributed by atoms with Crippen molar-refractivity contribution >= 4 is 44.0 Å². The van der Waals surface area contributed by atoms with Crippen molar-refractivity contribution in [1.29, 1.82) is 0 Å². The van der Waals surface area contributed by atoms with Gasteiger partial charge in [0.15, 0.2) is 0 Å². The van der Waals surface area contributed by atoms with E-state index in [1.807, 2.05) is 0 Å². The predicted molar refractivity (Wildman–Crippen MR) is 101 cm³/mol. The van der Waals surface area contributed by atoms with Gasteiger partial charge < -0.3 is 0 Å². The molecular weight excluding hydrogens is 396 g/mol. The average molecular weight is 415 g/mol. The van der Waals surface area contributed by atoms with E-state index in [1.54, 1.807) is 24.3 Å². The van der Waals surface area contributed by atoms with Gasteiger partial charge in [-0.1, -0.05) is 54.3 Å². The van der Waals surface area contributed by atoms with E-state index < -0.39 is 15.9 Å². The van der Waals surface area contributed by atoms with Gasteiger partial charge in [-0.05, 0) is 30.9 Å². The highest BCUT2D eigenvalue weighted by molar-refractivity contribution is 7.91. The molecule has 1 fully saturated rings. The molecule has 0 unspecified atom stereocenters. The largest absolute Gasteiger partial charge is 0.296 e. The first-order valence-electron chi connectivity index (χ1n) is 8.35. The van der Waals surface area contributed by atoms with Crippen LogP contribution in [-0.4, -0.2) is 31.1 Å². The molecular formula is C16H19ClN4O3S2. The Morgan fingerprint density at radius 2 is 1.92 bits per heavy atom. The molecule has 1 saturated carbocycles. The van der Waals surface area contributed by atoms with E-state index in [4.69, 9.17) is 11.6 Å². The number of carbonyl (C=O) groups is 1. The molecule has 140 valence electrons. The Hall–Kier alpha value is -1.55. The van der Waals surface area contributed by atoms with E-state index in [9.17, 15) is 13.2 Å². The molecule has 26 heavy (non-hydrogen) atoms. The van der Waals surface area contributed by atoms with Gasteiger partial charge in [0.05, 0.1) is 10.6 Å². The quantitative estimate of drug-likeness (QED) is 0.706. The molecule has 3 rings (SSSR count). The number of sulfonamides is 1. The molecule has 0 spiro atoms. The van der Waals surface area contributed by atoms with Crippen molar-refractivity contribution in [3.63, 3.8) is 0 Å². The summed E-state index contributed by atoms with van der Waals surface area (Å²) in [5.41, 5.74) is 0.282. The Labute approximate surface area is 161 Å². The lowest BCUT2D eigenvalue weighted by Crippen LogP contribution is -2.30. The third-order valence-electron chi connectivity index (χ3n) is 4.26. The Morgan fingerprint density at radius 3 is 2.65 bits per heavy atom. The molecule has 1 aliphatic rings. The van der Waals surface area contributed by atoms with Crippen LogP contribution in [0.2, 0.25) is 5.02 Å². The molecule has 0 radical (unpaired) electrons. The van der Waals surface area contributed by atoms with Gasteiger partial charge in [-0.15, -0.1) is 10.2 Å². The lowest BCUT2D eigenvalue weighted by Gasteiger charge is -2.21. The molecule has 1 aromatic heterocycles. The number of hydrogen-bond acceptors (Lipinski definition) is 6. The summed E-state index contributed by atoms with van der Waals surface area (Å²) in [5.74, 6) is -0.100. The van der Waals surface area contributed by atoms with Crippen LogP contribution in [0.3, 0.4) is 0 Å². The molecule has 0 saturated heterocycles. The molecule has 2 N–H and O–H groups in total. The fourth-order valence-corrected chi connectivity index (χ4v) is 5.13. The van der Waals surface area contributed by atoms with E-state index in [0.717, 1.165) is 37.0 Å². The highest BCUT2D eigenvalue weighted by Crippen LogP contribution is 2.25. The molecule has 7 nitrogen and oxygen atoms in total. The Bertz CT molecular complexity index is 879. The van der Waals surface area contributed by atoms with E-state index in [-0.39, 0.29) is 15.0 Å². The normalized spacial score (nSPS) is 15.7. The number of benzene rings is 1. The highest BCUT2D eigenvalue weighted by Gasteiger charge is 2.23. The molecule has 0 bridgehead atoms. The van der Waals surface area contributed by atoms with Crippen molar-refractivity contribution in [3.8, 4) is 0 Å². The molecule has 0 atom stereocenters. The predicted octanol–water partition coefficient (Wildman–Crippen LogP) is 3.30. The maximum Gasteiger partial charge on any atom is 0.269 e. The number of carbonyl (C=O) groups excluding carboxylic acids is 1. The van der Waals surface area contributed by atoms with Crippen molar-refractivity contribution < 1.29 is 13.2 Å². The summed E-state index contributed by atoms with van der Waals surface area (Å²) in [4.78, 5) is 12.2. The van der Waals surface area contributed by atoms with Crippen molar-refractivity contribution in [3.05, 3.63) is 34.9 Å². The first-order chi connectivity index (χ1) is 12.5. The highest BCUT2D eigenvalue weighted by atomic mass is 35.5. The molecule has 10 heteroatoms. The van der Waals surface area contributed by atoms with Gasteiger partial charge in [-0.25, -0.2) is 13.1 Å². The molecule has 2 aromatic rings. The zero-order valence-electron chi connectivity index (χ0n) is 13.9. The van der Waals surface area contributed by atoms with Crippen LogP contribution >= 0.6 is 22.9 Å². The van der Waals surface area contributed by atoms with Crippen LogP contribution in [0.1, 0.15) is 42.5 Å². The summed E-state index contributed by atoms with van der Waals surface area (Å²) in [6, 6.07) is 6.57. The Morgan fingerprint density at radius 1 is 1.19 bits per heavy atom. The molecule has 1 heterocycles. The second-order valence-electron chi connectivity index (χ2n) is 6.16. The first-order valence-corrected chi connectivity index (χ1v) is 11.0. The first kappa shape index (κ1) is 19.2. The average Bonchev–Trinajstić information content (AvgIpc) is 3.11. The summed E-state index contributed by atoms with van der Waals surface area (Å²) in [6.45, 7) is 0.406. The summed E-state index contributed by atoms with van der Waals surface area (Å²) >= 11 is 6.79. The standard InChI is InChI=1S/C16H19ClN4O3S2/c17-13-9-5-4-8-12(13)14(22)19-15-20-21-16(25-15)26(23,24)18-10-11-6-2-1-3-7-11/h4-5,8-9,11,18H,1-3,6-7,10H2,(H,19,20,22). The molecule has 0 aliphatic heterocycles. The van der Waals surface area contributed by atoms with Crippen LogP contribution in [0.5, 0.6) is 0 Å². The SMILES string of the molecule is O=C(Nc1nnc(S(=O)(=O)NCC2CCCCC2)s1)c1ccccc1Cl. The number of halogens is 1. The van der Waals surface area contributed by atoms with Crippen molar-refractivity contribution in [2.75, 3.05) is 11.9 Å². The molecule has 1 aromatic carbocycles. The smallest absolute Gasteiger partial charge is 0.269 e. The third kappa shape index (κ3) is 4.79. The summed E-state index contributed by atoms with van der Waals surface area (Å²) in [7, 11) is -3.73. The van der Waals surface area contributed by atoms with Gasteiger partial charge in [0, 0.05) is 6.54 Å². The maximum absolute atomic E-state index is 12.4. The summed E-state index contributed by atoms with van der Waals surface area (Å²) < 4.78 is 27.2. The van der Waals surface area contributed by atoms with Gasteiger partial charge in [0.2, 0.25) is 9.47 Å². The van der Waals surface area contributed by atoms with E-state index in [1.165, 1.54) is 6.42 Å².